The SMILES string of the molecule is CCCCC1C(C)C(C(F)(F)F)=NN1C1CCCC1. The summed E-state index contributed by atoms with van der Waals surface area (Å²) in [5, 5.41) is 5.78. The van der Waals surface area contributed by atoms with E-state index in [-0.39, 0.29) is 12.1 Å². The third-order valence-electron chi connectivity index (χ3n) is 4.41. The molecule has 1 fully saturated rings. The summed E-state index contributed by atoms with van der Waals surface area (Å²) in [6.45, 7) is 3.76. The first-order valence-electron chi connectivity index (χ1n) is 7.39. The Kier molecular flexibility index (Phi) is 4.41. The van der Waals surface area contributed by atoms with Gasteiger partial charge in [0, 0.05) is 12.0 Å². The maximum Gasteiger partial charge on any atom is 0.431 e. The molecule has 0 spiro atoms. The van der Waals surface area contributed by atoms with E-state index in [0.29, 0.717) is 0 Å². The molecule has 5 heteroatoms. The predicted molar refractivity (Wildman–Crippen MR) is 70.1 cm³/mol. The second-order valence-electron chi connectivity index (χ2n) is 5.80. The summed E-state index contributed by atoms with van der Waals surface area (Å²) in [5.74, 6) is -0.493. The van der Waals surface area contributed by atoms with E-state index in [1.54, 1.807) is 11.9 Å². The molecule has 1 saturated carbocycles. The van der Waals surface area contributed by atoms with Gasteiger partial charge in [0.2, 0.25) is 0 Å². The first-order valence-corrected chi connectivity index (χ1v) is 7.39. The van der Waals surface area contributed by atoms with Crippen LogP contribution in [-0.2, 0) is 0 Å². The molecule has 0 radical (unpaired) electrons. The molecule has 0 bridgehead atoms. The molecular formula is C14H23F3N2. The number of hydrazone groups is 1. The molecule has 110 valence electrons. The van der Waals surface area contributed by atoms with Crippen LogP contribution in [0.5, 0.6) is 0 Å². The highest BCUT2D eigenvalue weighted by atomic mass is 19.4. The molecular weight excluding hydrogens is 253 g/mol. The Morgan fingerprint density at radius 2 is 1.89 bits per heavy atom. The molecule has 2 aliphatic rings. The Morgan fingerprint density at radius 3 is 2.42 bits per heavy atom. The third kappa shape index (κ3) is 3.06. The van der Waals surface area contributed by atoms with Crippen molar-refractivity contribution in [2.75, 3.05) is 0 Å². The number of halogens is 3. The Morgan fingerprint density at radius 1 is 1.26 bits per heavy atom. The standard InChI is InChI=1S/C14H23F3N2/c1-3-4-9-12-10(2)13(14(15,16)17)18-19(12)11-7-5-6-8-11/h10-12H,3-9H2,1-2H3. The van der Waals surface area contributed by atoms with Crippen LogP contribution < -0.4 is 0 Å². The van der Waals surface area contributed by atoms with Crippen molar-refractivity contribution in [2.24, 2.45) is 11.0 Å². The Hall–Kier alpha value is -0.740. The van der Waals surface area contributed by atoms with Gasteiger partial charge >= 0.3 is 6.18 Å². The molecule has 0 aromatic heterocycles. The lowest BCUT2D eigenvalue weighted by atomic mass is 9.92. The zero-order valence-corrected chi connectivity index (χ0v) is 11.7. The third-order valence-corrected chi connectivity index (χ3v) is 4.41. The number of alkyl halides is 3. The van der Waals surface area contributed by atoms with Gasteiger partial charge in [-0.15, -0.1) is 0 Å². The first-order chi connectivity index (χ1) is 8.95. The van der Waals surface area contributed by atoms with Gasteiger partial charge in [-0.05, 0) is 19.3 Å². The lowest BCUT2D eigenvalue weighted by Gasteiger charge is -2.31. The topological polar surface area (TPSA) is 15.6 Å². The van der Waals surface area contributed by atoms with Gasteiger partial charge in [-0.1, -0.05) is 39.5 Å². The molecule has 1 heterocycles. The van der Waals surface area contributed by atoms with Crippen molar-refractivity contribution in [3.63, 3.8) is 0 Å². The van der Waals surface area contributed by atoms with Gasteiger partial charge < -0.3 is 0 Å². The van der Waals surface area contributed by atoms with Crippen LogP contribution in [0.15, 0.2) is 5.10 Å². The number of nitrogens with zero attached hydrogens (tertiary/aromatic N) is 2. The van der Waals surface area contributed by atoms with E-state index in [9.17, 15) is 13.2 Å². The fraction of sp³-hybridized carbons (Fsp3) is 0.929. The summed E-state index contributed by atoms with van der Waals surface area (Å²) in [4.78, 5) is 0. The highest BCUT2D eigenvalue weighted by molar-refractivity contribution is 5.93. The molecule has 2 unspecified atom stereocenters. The van der Waals surface area contributed by atoms with Gasteiger partial charge in [-0.2, -0.15) is 18.3 Å². The predicted octanol–water partition coefficient (Wildman–Crippen LogP) is 4.36. The van der Waals surface area contributed by atoms with Crippen molar-refractivity contribution < 1.29 is 13.2 Å². The van der Waals surface area contributed by atoms with Gasteiger partial charge in [-0.25, -0.2) is 0 Å². The molecule has 1 aliphatic carbocycles. The summed E-state index contributed by atoms with van der Waals surface area (Å²) < 4.78 is 39.0. The summed E-state index contributed by atoms with van der Waals surface area (Å²) in [6, 6.07) is 0.170. The number of hydrogen-bond donors (Lipinski definition) is 0. The normalized spacial score (nSPS) is 29.1. The molecule has 2 atom stereocenters. The van der Waals surface area contributed by atoms with E-state index in [2.05, 4.69) is 12.0 Å². The van der Waals surface area contributed by atoms with Crippen LogP contribution in [0, 0.1) is 5.92 Å². The first kappa shape index (κ1) is 14.7. The average Bonchev–Trinajstić information content (AvgIpc) is 2.93. The maximum absolute atomic E-state index is 13.0. The molecule has 0 aromatic rings. The minimum atomic E-state index is -4.28. The van der Waals surface area contributed by atoms with Crippen molar-refractivity contribution in [3.05, 3.63) is 0 Å². The zero-order valence-electron chi connectivity index (χ0n) is 11.7. The van der Waals surface area contributed by atoms with E-state index in [4.69, 9.17) is 0 Å². The fourth-order valence-electron chi connectivity index (χ4n) is 3.33. The van der Waals surface area contributed by atoms with Gasteiger partial charge in [0.05, 0.1) is 6.04 Å². The van der Waals surface area contributed by atoms with Crippen LogP contribution in [0.1, 0.15) is 58.8 Å². The number of hydrogen-bond acceptors (Lipinski definition) is 2. The van der Waals surface area contributed by atoms with Crippen molar-refractivity contribution in [2.45, 2.75) is 77.1 Å². The number of unbranched alkanes of at least 4 members (excludes halogenated alkanes) is 1. The van der Waals surface area contributed by atoms with Crippen LogP contribution in [0.4, 0.5) is 13.2 Å². The second kappa shape index (κ2) is 5.71. The van der Waals surface area contributed by atoms with Crippen LogP contribution in [-0.4, -0.2) is 29.0 Å². The van der Waals surface area contributed by atoms with Gasteiger partial charge in [0.1, 0.15) is 5.71 Å². The molecule has 2 rings (SSSR count). The minimum absolute atomic E-state index is 0.0559. The monoisotopic (exact) mass is 276 g/mol. The van der Waals surface area contributed by atoms with Gasteiger partial charge in [-0.3, -0.25) is 5.01 Å². The van der Waals surface area contributed by atoms with Crippen molar-refractivity contribution in [1.82, 2.24) is 5.01 Å². The number of rotatable bonds is 4. The van der Waals surface area contributed by atoms with Crippen molar-refractivity contribution >= 4 is 5.71 Å². The molecule has 19 heavy (non-hydrogen) atoms. The quantitative estimate of drug-likeness (QED) is 0.745. The van der Waals surface area contributed by atoms with Crippen LogP contribution in [0.3, 0.4) is 0 Å². The molecule has 2 nitrogen and oxygen atoms in total. The van der Waals surface area contributed by atoms with Gasteiger partial charge in [0.15, 0.2) is 0 Å². The Balaban J connectivity index is 2.17. The highest BCUT2D eigenvalue weighted by Crippen LogP contribution is 2.38. The summed E-state index contributed by atoms with van der Waals surface area (Å²) in [6.07, 6.45) is 2.74. The summed E-state index contributed by atoms with van der Waals surface area (Å²) in [5.41, 5.74) is -0.569. The highest BCUT2D eigenvalue weighted by Gasteiger charge is 2.48. The van der Waals surface area contributed by atoms with Crippen LogP contribution in [0.2, 0.25) is 0 Å². The van der Waals surface area contributed by atoms with Gasteiger partial charge in [0.25, 0.3) is 0 Å². The van der Waals surface area contributed by atoms with Crippen LogP contribution >= 0.6 is 0 Å². The van der Waals surface area contributed by atoms with Crippen molar-refractivity contribution in [3.8, 4) is 0 Å². The largest absolute Gasteiger partial charge is 0.431 e. The second-order valence-corrected chi connectivity index (χ2v) is 5.80. The average molecular weight is 276 g/mol. The van der Waals surface area contributed by atoms with E-state index >= 15 is 0 Å². The summed E-state index contributed by atoms with van der Waals surface area (Å²) in [7, 11) is 0. The Labute approximate surface area is 113 Å². The summed E-state index contributed by atoms with van der Waals surface area (Å²) >= 11 is 0. The zero-order chi connectivity index (χ0) is 14.0. The van der Waals surface area contributed by atoms with E-state index in [1.807, 2.05) is 0 Å². The molecule has 1 aliphatic heterocycles. The lowest BCUT2D eigenvalue weighted by molar-refractivity contribution is -0.0620. The van der Waals surface area contributed by atoms with E-state index in [1.165, 1.54) is 0 Å². The Bertz CT molecular complexity index is 332. The van der Waals surface area contributed by atoms with Crippen LogP contribution in [0.25, 0.3) is 0 Å². The minimum Gasteiger partial charge on any atom is -0.290 e. The van der Waals surface area contributed by atoms with E-state index < -0.39 is 17.8 Å². The fourth-order valence-corrected chi connectivity index (χ4v) is 3.33. The van der Waals surface area contributed by atoms with E-state index in [0.717, 1.165) is 44.9 Å². The molecule has 0 amide bonds. The lowest BCUT2D eigenvalue weighted by Crippen LogP contribution is -2.39. The molecule has 0 aromatic carbocycles. The van der Waals surface area contributed by atoms with Crippen molar-refractivity contribution in [1.29, 1.82) is 0 Å². The smallest absolute Gasteiger partial charge is 0.290 e. The maximum atomic E-state index is 13.0. The molecule has 0 saturated heterocycles. The molecule has 0 N–H and O–H groups in total.